The molecule has 0 saturated carbocycles. The SMILES string of the molecule is c1ccc(-c2ccc3ccc(N(c4ccc(-c5ccc6cccc(-c7ccccc7)c6c5)cc4)c4ccc(-c5cc6ccccc6c6ccccc56)cc4)cc3c2)cc1. The summed E-state index contributed by atoms with van der Waals surface area (Å²) in [5.74, 6) is 0. The van der Waals surface area contributed by atoms with Gasteiger partial charge in [0, 0.05) is 17.1 Å². The van der Waals surface area contributed by atoms with Gasteiger partial charge in [-0.15, -0.1) is 0 Å². The summed E-state index contributed by atoms with van der Waals surface area (Å²) in [4.78, 5) is 2.38. The molecule has 0 aliphatic heterocycles. The number of anilines is 3. The van der Waals surface area contributed by atoms with Crippen molar-refractivity contribution in [3.63, 3.8) is 0 Å². The van der Waals surface area contributed by atoms with E-state index in [1.807, 2.05) is 0 Å². The molecule has 0 unspecified atom stereocenters. The molecule has 0 radical (unpaired) electrons. The molecule has 1 nitrogen and oxygen atoms in total. The standard InChI is InChI=1S/C58H39N/c1-3-12-40(13-4-1)46-24-22-42-28-35-52(37-49(42)36-46)59(51-33-29-45(30-34-51)58-39-48-16-7-8-18-54(48)55-19-9-10-20-56(55)58)50-31-26-41(27-32-50)47-25-23-44-17-11-21-53(57(44)38-47)43-14-5-2-6-15-43/h1-39H. The average Bonchev–Trinajstić information content (AvgIpc) is 3.32. The second-order valence-electron chi connectivity index (χ2n) is 15.3. The summed E-state index contributed by atoms with van der Waals surface area (Å²) in [5, 5.41) is 9.99. The summed E-state index contributed by atoms with van der Waals surface area (Å²) in [6.45, 7) is 0. The van der Waals surface area contributed by atoms with Gasteiger partial charge in [-0.1, -0.05) is 182 Å². The summed E-state index contributed by atoms with van der Waals surface area (Å²) >= 11 is 0. The van der Waals surface area contributed by atoms with Crippen molar-refractivity contribution < 1.29 is 0 Å². The first-order chi connectivity index (χ1) is 29.2. The zero-order valence-corrected chi connectivity index (χ0v) is 32.5. The van der Waals surface area contributed by atoms with Gasteiger partial charge in [0.05, 0.1) is 0 Å². The van der Waals surface area contributed by atoms with Gasteiger partial charge < -0.3 is 4.90 Å². The molecule has 1 heteroatoms. The maximum atomic E-state index is 2.38. The number of hydrogen-bond acceptors (Lipinski definition) is 1. The van der Waals surface area contributed by atoms with Crippen molar-refractivity contribution in [2.45, 2.75) is 0 Å². The molecule has 11 rings (SSSR count). The molecule has 0 atom stereocenters. The zero-order chi connectivity index (χ0) is 39.1. The van der Waals surface area contributed by atoms with Crippen LogP contribution < -0.4 is 4.90 Å². The second-order valence-corrected chi connectivity index (χ2v) is 15.3. The van der Waals surface area contributed by atoms with E-state index in [0.717, 1.165) is 17.1 Å². The highest BCUT2D eigenvalue weighted by atomic mass is 15.1. The van der Waals surface area contributed by atoms with E-state index in [4.69, 9.17) is 0 Å². The van der Waals surface area contributed by atoms with Crippen LogP contribution in [0.2, 0.25) is 0 Å². The van der Waals surface area contributed by atoms with Crippen LogP contribution in [0, 0.1) is 0 Å². The van der Waals surface area contributed by atoms with Crippen molar-refractivity contribution in [2.24, 2.45) is 0 Å². The average molecular weight is 750 g/mol. The summed E-state index contributed by atoms with van der Waals surface area (Å²) in [5.41, 5.74) is 13.0. The highest BCUT2D eigenvalue weighted by Gasteiger charge is 2.16. The van der Waals surface area contributed by atoms with E-state index >= 15 is 0 Å². The predicted octanol–water partition coefficient (Wildman–Crippen LogP) is 16.4. The van der Waals surface area contributed by atoms with E-state index in [1.165, 1.54) is 87.6 Å². The molecule has 0 spiro atoms. The van der Waals surface area contributed by atoms with E-state index in [1.54, 1.807) is 0 Å². The van der Waals surface area contributed by atoms with E-state index in [9.17, 15) is 0 Å². The Bertz CT molecular complexity index is 3290. The maximum absolute atomic E-state index is 2.38. The van der Waals surface area contributed by atoms with Crippen LogP contribution in [0.1, 0.15) is 0 Å². The first-order valence-electron chi connectivity index (χ1n) is 20.3. The molecule has 0 amide bonds. The Morgan fingerprint density at radius 3 is 1.46 bits per heavy atom. The van der Waals surface area contributed by atoms with Crippen LogP contribution in [0.4, 0.5) is 17.1 Å². The Morgan fingerprint density at radius 1 is 0.203 bits per heavy atom. The van der Waals surface area contributed by atoms with Gasteiger partial charge in [-0.05, 0) is 142 Å². The summed E-state index contributed by atoms with van der Waals surface area (Å²) in [6.07, 6.45) is 0. The van der Waals surface area contributed by atoms with Gasteiger partial charge in [0.15, 0.2) is 0 Å². The molecule has 0 N–H and O–H groups in total. The Labute approximate surface area is 344 Å². The van der Waals surface area contributed by atoms with E-state index in [-0.39, 0.29) is 0 Å². The van der Waals surface area contributed by atoms with Crippen LogP contribution in [0.3, 0.4) is 0 Å². The van der Waals surface area contributed by atoms with Crippen molar-refractivity contribution in [3.05, 3.63) is 237 Å². The second kappa shape index (κ2) is 14.6. The van der Waals surface area contributed by atoms with Gasteiger partial charge in [-0.3, -0.25) is 0 Å². The third kappa shape index (κ3) is 6.40. The van der Waals surface area contributed by atoms with Crippen LogP contribution in [0.15, 0.2) is 237 Å². The lowest BCUT2D eigenvalue weighted by atomic mass is 9.93. The van der Waals surface area contributed by atoms with Crippen molar-refractivity contribution in [1.29, 1.82) is 0 Å². The molecule has 0 aliphatic carbocycles. The van der Waals surface area contributed by atoms with E-state index < -0.39 is 0 Å². The highest BCUT2D eigenvalue weighted by molar-refractivity contribution is 6.13. The zero-order valence-electron chi connectivity index (χ0n) is 32.5. The largest absolute Gasteiger partial charge is 0.310 e. The lowest BCUT2D eigenvalue weighted by Gasteiger charge is -2.26. The molecule has 0 aromatic heterocycles. The molecular formula is C58H39N. The lowest BCUT2D eigenvalue weighted by Crippen LogP contribution is -2.09. The fourth-order valence-electron chi connectivity index (χ4n) is 8.84. The molecule has 276 valence electrons. The molecule has 11 aromatic carbocycles. The number of nitrogens with zero attached hydrogens (tertiary/aromatic N) is 1. The lowest BCUT2D eigenvalue weighted by molar-refractivity contribution is 1.29. The van der Waals surface area contributed by atoms with Crippen LogP contribution in [-0.4, -0.2) is 0 Å². The number of hydrogen-bond donors (Lipinski definition) is 0. The smallest absolute Gasteiger partial charge is 0.0468 e. The fraction of sp³-hybridized carbons (Fsp3) is 0. The number of fused-ring (bicyclic) bond motifs is 5. The number of benzene rings is 11. The molecule has 11 aromatic rings. The summed E-state index contributed by atoms with van der Waals surface area (Å²) in [7, 11) is 0. The van der Waals surface area contributed by atoms with Gasteiger partial charge in [-0.25, -0.2) is 0 Å². The molecule has 0 saturated heterocycles. The first-order valence-corrected chi connectivity index (χ1v) is 20.3. The predicted molar refractivity (Wildman–Crippen MR) is 253 cm³/mol. The maximum Gasteiger partial charge on any atom is 0.0468 e. The monoisotopic (exact) mass is 749 g/mol. The van der Waals surface area contributed by atoms with Gasteiger partial charge >= 0.3 is 0 Å². The van der Waals surface area contributed by atoms with Crippen LogP contribution in [-0.2, 0) is 0 Å². The fourth-order valence-corrected chi connectivity index (χ4v) is 8.84. The first kappa shape index (κ1) is 34.5. The Kier molecular flexibility index (Phi) is 8.56. The van der Waals surface area contributed by atoms with Crippen molar-refractivity contribution in [1.82, 2.24) is 0 Å². The van der Waals surface area contributed by atoms with E-state index in [0.29, 0.717) is 0 Å². The Balaban J connectivity index is 1.02. The third-order valence-electron chi connectivity index (χ3n) is 11.8. The van der Waals surface area contributed by atoms with Gasteiger partial charge in [0.25, 0.3) is 0 Å². The van der Waals surface area contributed by atoms with Gasteiger partial charge in [0.1, 0.15) is 0 Å². The summed E-state index contributed by atoms with van der Waals surface area (Å²) in [6, 6.07) is 86.3. The number of rotatable bonds is 7. The topological polar surface area (TPSA) is 3.24 Å². The molecule has 0 aliphatic rings. The van der Waals surface area contributed by atoms with Crippen molar-refractivity contribution in [3.8, 4) is 44.5 Å². The highest BCUT2D eigenvalue weighted by Crippen LogP contribution is 2.41. The normalized spacial score (nSPS) is 11.4. The Morgan fingerprint density at radius 2 is 0.712 bits per heavy atom. The molecular weight excluding hydrogens is 711 g/mol. The van der Waals surface area contributed by atoms with E-state index in [2.05, 4.69) is 241 Å². The van der Waals surface area contributed by atoms with Crippen molar-refractivity contribution >= 4 is 60.2 Å². The third-order valence-corrected chi connectivity index (χ3v) is 11.8. The molecule has 0 bridgehead atoms. The minimum atomic E-state index is 1.10. The molecule has 0 heterocycles. The molecule has 59 heavy (non-hydrogen) atoms. The van der Waals surface area contributed by atoms with Crippen molar-refractivity contribution in [2.75, 3.05) is 4.90 Å². The van der Waals surface area contributed by atoms with Gasteiger partial charge in [-0.2, -0.15) is 0 Å². The quantitative estimate of drug-likeness (QED) is 0.147. The van der Waals surface area contributed by atoms with Crippen LogP contribution >= 0.6 is 0 Å². The summed E-state index contributed by atoms with van der Waals surface area (Å²) < 4.78 is 0. The van der Waals surface area contributed by atoms with Crippen LogP contribution in [0.5, 0.6) is 0 Å². The molecule has 0 fully saturated rings. The van der Waals surface area contributed by atoms with Gasteiger partial charge in [0.2, 0.25) is 0 Å². The Hall–Kier alpha value is -7.74. The minimum absolute atomic E-state index is 1.10. The van der Waals surface area contributed by atoms with Crippen LogP contribution in [0.25, 0.3) is 87.6 Å². The minimum Gasteiger partial charge on any atom is -0.310 e.